The van der Waals surface area contributed by atoms with Crippen molar-refractivity contribution >= 4 is 17.6 Å². The monoisotopic (exact) mass is 458 g/mol. The minimum atomic E-state index is -1.87. The molecule has 2 aliphatic rings. The minimum Gasteiger partial charge on any atom is -0.462 e. The molecule has 0 aliphatic carbocycles. The highest BCUT2D eigenvalue weighted by molar-refractivity contribution is 6.18. The largest absolute Gasteiger partial charge is 0.462 e. The minimum absolute atomic E-state index is 0.0463. The average Bonchev–Trinajstić information content (AvgIpc) is 3.03. The van der Waals surface area contributed by atoms with Crippen LogP contribution in [0.4, 0.5) is 5.69 Å². The molecule has 3 heterocycles. The van der Waals surface area contributed by atoms with Crippen molar-refractivity contribution in [2.45, 2.75) is 25.8 Å². The lowest BCUT2D eigenvalue weighted by atomic mass is 9.69. The number of para-hydroxylation sites is 1. The lowest BCUT2D eigenvalue weighted by molar-refractivity contribution is -0.141. The van der Waals surface area contributed by atoms with Crippen LogP contribution in [0.2, 0.25) is 0 Å². The normalized spacial score (nSPS) is 18.5. The molecule has 3 aromatic rings. The Morgan fingerprint density at radius 1 is 1.09 bits per heavy atom. The summed E-state index contributed by atoms with van der Waals surface area (Å²) in [5.41, 5.74) is 5.13. The molecule has 1 atom stereocenters. The summed E-state index contributed by atoms with van der Waals surface area (Å²) < 4.78 is 16.4. The summed E-state index contributed by atoms with van der Waals surface area (Å²) >= 11 is 0. The van der Waals surface area contributed by atoms with Crippen molar-refractivity contribution in [3.63, 3.8) is 0 Å². The van der Waals surface area contributed by atoms with Crippen LogP contribution in [0.1, 0.15) is 29.4 Å². The summed E-state index contributed by atoms with van der Waals surface area (Å²) in [5.74, 6) is -1.28. The number of fused-ring (bicyclic) bond motifs is 4. The average molecular weight is 458 g/mol. The van der Waals surface area contributed by atoms with E-state index in [0.717, 1.165) is 5.56 Å². The maximum absolute atomic E-state index is 14.4. The van der Waals surface area contributed by atoms with Crippen LogP contribution >= 0.6 is 0 Å². The van der Waals surface area contributed by atoms with Gasteiger partial charge in [-0.3, -0.25) is 4.79 Å². The zero-order valence-electron chi connectivity index (χ0n) is 18.7. The Morgan fingerprint density at radius 3 is 2.53 bits per heavy atom. The van der Waals surface area contributed by atoms with E-state index in [1.165, 1.54) is 6.07 Å². The Kier molecular flexibility index (Phi) is 5.01. The number of ether oxygens (including phenoxy) is 2. The van der Waals surface area contributed by atoms with Crippen LogP contribution < -0.4 is 21.0 Å². The number of hydrogen-bond donors (Lipinski definition) is 1. The van der Waals surface area contributed by atoms with Crippen LogP contribution in [0, 0.1) is 6.92 Å². The summed E-state index contributed by atoms with van der Waals surface area (Å²) in [6, 6.07) is 17.9. The number of anilines is 1. The van der Waals surface area contributed by atoms with Gasteiger partial charge in [-0.25, -0.2) is 9.59 Å². The van der Waals surface area contributed by atoms with E-state index >= 15 is 0 Å². The van der Waals surface area contributed by atoms with Crippen molar-refractivity contribution in [3.8, 4) is 5.75 Å². The standard InChI is InChI=1S/C26H22N2O6/c1-3-32-23(29)21-22(27)34-19-13-15(2)33-24(30)20(19)26(21)17-11-7-8-12-18(17)28(25(26)31)14-16-9-5-4-6-10-16/h4-13H,3,14,27H2,1-2H3. The van der Waals surface area contributed by atoms with Gasteiger partial charge in [0, 0.05) is 17.3 Å². The smallest absolute Gasteiger partial charge is 0.344 e. The molecule has 0 bridgehead atoms. The van der Waals surface area contributed by atoms with Crippen molar-refractivity contribution < 1.29 is 23.5 Å². The lowest BCUT2D eigenvalue weighted by Crippen LogP contribution is -2.50. The van der Waals surface area contributed by atoms with Crippen LogP contribution in [-0.4, -0.2) is 18.5 Å². The number of nitrogens with zero attached hydrogens (tertiary/aromatic N) is 1. The van der Waals surface area contributed by atoms with Gasteiger partial charge >= 0.3 is 11.6 Å². The van der Waals surface area contributed by atoms with E-state index in [1.807, 2.05) is 30.3 Å². The van der Waals surface area contributed by atoms with E-state index in [2.05, 4.69) is 0 Å². The summed E-state index contributed by atoms with van der Waals surface area (Å²) in [7, 11) is 0. The molecule has 0 radical (unpaired) electrons. The molecule has 2 aromatic carbocycles. The van der Waals surface area contributed by atoms with Crippen LogP contribution in [0.25, 0.3) is 0 Å². The first kappa shape index (κ1) is 21.5. The van der Waals surface area contributed by atoms with E-state index in [9.17, 15) is 14.4 Å². The first-order chi connectivity index (χ1) is 16.4. The van der Waals surface area contributed by atoms with Gasteiger partial charge in [0.1, 0.15) is 28.1 Å². The van der Waals surface area contributed by atoms with Gasteiger partial charge in [-0.15, -0.1) is 0 Å². The van der Waals surface area contributed by atoms with Gasteiger partial charge in [-0.05, 0) is 25.5 Å². The quantitative estimate of drug-likeness (QED) is 0.598. The SMILES string of the molecule is CCOC(=O)C1=C(N)Oc2cc(C)oc(=O)c2C12C(=O)N(Cc1ccccc1)c1ccccc12. The van der Waals surface area contributed by atoms with Crippen molar-refractivity contribution in [2.75, 3.05) is 11.5 Å². The van der Waals surface area contributed by atoms with Crippen LogP contribution in [-0.2, 0) is 26.3 Å². The van der Waals surface area contributed by atoms with E-state index in [0.29, 0.717) is 11.3 Å². The first-order valence-electron chi connectivity index (χ1n) is 10.8. The van der Waals surface area contributed by atoms with Gasteiger partial charge in [0.15, 0.2) is 0 Å². The Bertz CT molecular complexity index is 1410. The number of hydrogen-bond acceptors (Lipinski definition) is 7. The number of nitrogens with two attached hydrogens (primary N) is 1. The van der Waals surface area contributed by atoms with Crippen LogP contribution in [0.15, 0.2) is 81.3 Å². The van der Waals surface area contributed by atoms with Crippen LogP contribution in [0.5, 0.6) is 5.75 Å². The molecule has 0 fully saturated rings. The number of benzene rings is 2. The van der Waals surface area contributed by atoms with Gasteiger partial charge in [-0.2, -0.15) is 0 Å². The molecule has 2 N–H and O–H groups in total. The number of carbonyl (C=O) groups is 2. The number of aryl methyl sites for hydroxylation is 1. The molecular formula is C26H22N2O6. The maximum atomic E-state index is 14.4. The molecule has 1 spiro atoms. The Hall–Kier alpha value is -4.33. The second-order valence-electron chi connectivity index (χ2n) is 8.09. The lowest BCUT2D eigenvalue weighted by Gasteiger charge is -2.34. The molecule has 2 aliphatic heterocycles. The Labute approximate surface area is 195 Å². The second kappa shape index (κ2) is 7.91. The highest BCUT2D eigenvalue weighted by atomic mass is 16.5. The van der Waals surface area contributed by atoms with Gasteiger partial charge in [0.25, 0.3) is 0 Å². The summed E-state index contributed by atoms with van der Waals surface area (Å²) in [4.78, 5) is 42.4. The molecule has 8 heteroatoms. The maximum Gasteiger partial charge on any atom is 0.344 e. The predicted molar refractivity (Wildman–Crippen MR) is 123 cm³/mol. The third-order valence-electron chi connectivity index (χ3n) is 6.08. The van der Waals surface area contributed by atoms with E-state index in [1.54, 1.807) is 43.0 Å². The number of amides is 1. The van der Waals surface area contributed by atoms with Crippen molar-refractivity contribution in [1.29, 1.82) is 0 Å². The van der Waals surface area contributed by atoms with Gasteiger partial charge < -0.3 is 24.5 Å². The fraction of sp³-hybridized carbons (Fsp3) is 0.192. The van der Waals surface area contributed by atoms with E-state index in [-0.39, 0.29) is 41.7 Å². The molecule has 172 valence electrons. The second-order valence-corrected chi connectivity index (χ2v) is 8.09. The first-order valence-corrected chi connectivity index (χ1v) is 10.8. The zero-order chi connectivity index (χ0) is 24.0. The Morgan fingerprint density at radius 2 is 1.79 bits per heavy atom. The fourth-order valence-corrected chi connectivity index (χ4v) is 4.80. The molecular weight excluding hydrogens is 436 g/mol. The number of esters is 1. The zero-order valence-corrected chi connectivity index (χ0v) is 18.7. The van der Waals surface area contributed by atoms with Crippen LogP contribution in [0.3, 0.4) is 0 Å². The van der Waals surface area contributed by atoms with Gasteiger partial charge in [0.05, 0.1) is 13.2 Å². The van der Waals surface area contributed by atoms with E-state index in [4.69, 9.17) is 19.6 Å². The van der Waals surface area contributed by atoms with Gasteiger partial charge in [-0.1, -0.05) is 48.5 Å². The molecule has 0 saturated heterocycles. The molecule has 1 amide bonds. The number of carbonyl (C=O) groups excluding carboxylic acids is 2. The molecule has 1 aromatic heterocycles. The molecule has 0 saturated carbocycles. The predicted octanol–water partition coefficient (Wildman–Crippen LogP) is 2.91. The highest BCUT2D eigenvalue weighted by Crippen LogP contribution is 2.54. The molecule has 34 heavy (non-hydrogen) atoms. The molecule has 8 nitrogen and oxygen atoms in total. The van der Waals surface area contributed by atoms with Crippen molar-refractivity contribution in [1.82, 2.24) is 0 Å². The summed E-state index contributed by atoms with van der Waals surface area (Å²) in [6.45, 7) is 3.50. The highest BCUT2D eigenvalue weighted by Gasteiger charge is 2.62. The third-order valence-corrected chi connectivity index (χ3v) is 6.08. The number of rotatable bonds is 4. The summed E-state index contributed by atoms with van der Waals surface area (Å²) in [6.07, 6.45) is 0. The Balaban J connectivity index is 1.84. The van der Waals surface area contributed by atoms with Crippen molar-refractivity contribution in [2.24, 2.45) is 5.73 Å². The van der Waals surface area contributed by atoms with Gasteiger partial charge in [0.2, 0.25) is 11.8 Å². The molecule has 5 rings (SSSR count). The molecule has 1 unspecified atom stereocenters. The fourth-order valence-electron chi connectivity index (χ4n) is 4.80. The third kappa shape index (κ3) is 2.95. The summed E-state index contributed by atoms with van der Waals surface area (Å²) in [5, 5.41) is 0. The van der Waals surface area contributed by atoms with Crippen molar-refractivity contribution in [3.05, 3.63) is 105 Å². The topological polar surface area (TPSA) is 112 Å². The van der Waals surface area contributed by atoms with E-state index < -0.39 is 22.9 Å².